The number of ether oxygens (including phenoxy) is 1. The van der Waals surface area contributed by atoms with Gasteiger partial charge in [-0.1, -0.05) is 0 Å². The summed E-state index contributed by atoms with van der Waals surface area (Å²) in [5, 5.41) is 0. The van der Waals surface area contributed by atoms with Gasteiger partial charge in [-0.15, -0.1) is 0 Å². The molecule has 1 saturated heterocycles. The van der Waals surface area contributed by atoms with Gasteiger partial charge in [-0.2, -0.15) is 0 Å². The standard InChI is InChI=1S/C9H17N3O3/c1-15-9(14)12-4-2-7(3-5-12)6-8(13)11-10/h7H,2-6,10H2,1H3,(H,11,13). The Labute approximate surface area is 88.7 Å². The summed E-state index contributed by atoms with van der Waals surface area (Å²) in [5.74, 6) is 5.17. The van der Waals surface area contributed by atoms with Crippen molar-refractivity contribution in [3.63, 3.8) is 0 Å². The van der Waals surface area contributed by atoms with E-state index in [9.17, 15) is 9.59 Å². The Morgan fingerprint density at radius 2 is 2.07 bits per heavy atom. The smallest absolute Gasteiger partial charge is 0.409 e. The molecule has 0 bridgehead atoms. The number of rotatable bonds is 2. The Kier molecular flexibility index (Phi) is 4.36. The predicted octanol–water partition coefficient (Wildman–Crippen LogP) is -0.155. The van der Waals surface area contributed by atoms with Crippen molar-refractivity contribution in [1.29, 1.82) is 0 Å². The van der Waals surface area contributed by atoms with E-state index in [0.717, 1.165) is 12.8 Å². The third-order valence-corrected chi connectivity index (χ3v) is 2.68. The molecule has 1 fully saturated rings. The molecule has 0 saturated carbocycles. The van der Waals surface area contributed by atoms with Crippen LogP contribution in [-0.2, 0) is 9.53 Å². The topological polar surface area (TPSA) is 84.7 Å². The molecule has 2 amide bonds. The van der Waals surface area contributed by atoms with Crippen LogP contribution in [0.3, 0.4) is 0 Å². The quantitative estimate of drug-likeness (QED) is 0.381. The molecule has 6 heteroatoms. The molecule has 0 aromatic carbocycles. The van der Waals surface area contributed by atoms with E-state index >= 15 is 0 Å². The van der Waals surface area contributed by atoms with Gasteiger partial charge >= 0.3 is 6.09 Å². The van der Waals surface area contributed by atoms with Gasteiger partial charge in [0.05, 0.1) is 7.11 Å². The summed E-state index contributed by atoms with van der Waals surface area (Å²) in [6, 6.07) is 0. The molecule has 6 nitrogen and oxygen atoms in total. The van der Waals surface area contributed by atoms with Gasteiger partial charge in [0.2, 0.25) is 5.91 Å². The highest BCUT2D eigenvalue weighted by molar-refractivity contribution is 5.75. The largest absolute Gasteiger partial charge is 0.453 e. The maximum Gasteiger partial charge on any atom is 0.409 e. The van der Waals surface area contributed by atoms with Crippen molar-refractivity contribution in [3.05, 3.63) is 0 Å². The lowest BCUT2D eigenvalue weighted by Gasteiger charge is -2.30. The molecular formula is C9H17N3O3. The van der Waals surface area contributed by atoms with E-state index in [1.165, 1.54) is 7.11 Å². The first kappa shape index (κ1) is 11.8. The zero-order chi connectivity index (χ0) is 11.3. The highest BCUT2D eigenvalue weighted by atomic mass is 16.5. The summed E-state index contributed by atoms with van der Waals surface area (Å²) >= 11 is 0. The fourth-order valence-electron chi connectivity index (χ4n) is 1.77. The van der Waals surface area contributed by atoms with Crippen LogP contribution < -0.4 is 11.3 Å². The minimum atomic E-state index is -0.295. The van der Waals surface area contributed by atoms with Crippen LogP contribution in [0.2, 0.25) is 0 Å². The summed E-state index contributed by atoms with van der Waals surface area (Å²) < 4.78 is 4.61. The van der Waals surface area contributed by atoms with Crippen LogP contribution in [-0.4, -0.2) is 37.1 Å². The van der Waals surface area contributed by atoms with Crippen molar-refractivity contribution in [2.45, 2.75) is 19.3 Å². The SMILES string of the molecule is COC(=O)N1CCC(CC(=O)NN)CC1. The molecule has 0 aliphatic carbocycles. The number of hydrazine groups is 1. The van der Waals surface area contributed by atoms with Crippen molar-refractivity contribution in [1.82, 2.24) is 10.3 Å². The van der Waals surface area contributed by atoms with Crippen molar-refractivity contribution in [3.8, 4) is 0 Å². The lowest BCUT2D eigenvalue weighted by molar-refractivity contribution is -0.122. The number of nitrogens with two attached hydrogens (primary N) is 1. The van der Waals surface area contributed by atoms with Crippen LogP contribution in [0.1, 0.15) is 19.3 Å². The highest BCUT2D eigenvalue weighted by Crippen LogP contribution is 2.20. The summed E-state index contributed by atoms with van der Waals surface area (Å²) in [5.41, 5.74) is 2.11. The Morgan fingerprint density at radius 3 is 2.53 bits per heavy atom. The van der Waals surface area contributed by atoms with Crippen LogP contribution in [0.5, 0.6) is 0 Å². The molecule has 3 N–H and O–H groups in total. The third-order valence-electron chi connectivity index (χ3n) is 2.68. The van der Waals surface area contributed by atoms with Gasteiger partial charge in [-0.05, 0) is 18.8 Å². The van der Waals surface area contributed by atoms with Crippen molar-refractivity contribution in [2.75, 3.05) is 20.2 Å². The molecule has 1 aliphatic heterocycles. The van der Waals surface area contributed by atoms with E-state index in [0.29, 0.717) is 25.4 Å². The normalized spacial score (nSPS) is 17.3. The van der Waals surface area contributed by atoms with Gasteiger partial charge < -0.3 is 9.64 Å². The number of amides is 2. The fraction of sp³-hybridized carbons (Fsp3) is 0.778. The Bertz CT molecular complexity index is 237. The van der Waals surface area contributed by atoms with Crippen molar-refractivity contribution < 1.29 is 14.3 Å². The molecule has 1 heterocycles. The molecule has 86 valence electrons. The number of piperidine rings is 1. The Morgan fingerprint density at radius 1 is 1.47 bits per heavy atom. The average Bonchev–Trinajstić information content (AvgIpc) is 2.29. The Hall–Kier alpha value is -1.30. The maximum absolute atomic E-state index is 11.2. The van der Waals surface area contributed by atoms with E-state index in [2.05, 4.69) is 10.2 Å². The number of methoxy groups -OCH3 is 1. The summed E-state index contributed by atoms with van der Waals surface area (Å²) in [4.78, 5) is 23.8. The van der Waals surface area contributed by atoms with Crippen molar-refractivity contribution in [2.24, 2.45) is 11.8 Å². The molecule has 15 heavy (non-hydrogen) atoms. The zero-order valence-corrected chi connectivity index (χ0v) is 8.86. The number of carbonyl (C=O) groups is 2. The minimum Gasteiger partial charge on any atom is -0.453 e. The average molecular weight is 215 g/mol. The molecule has 0 atom stereocenters. The summed E-state index contributed by atoms with van der Waals surface area (Å²) in [6.45, 7) is 1.30. The Balaban J connectivity index is 2.29. The first-order chi connectivity index (χ1) is 7.17. The molecule has 0 spiro atoms. The number of nitrogens with one attached hydrogen (secondary N) is 1. The number of hydrogen-bond donors (Lipinski definition) is 2. The van der Waals surface area contributed by atoms with E-state index in [1.807, 2.05) is 0 Å². The molecule has 1 aliphatic rings. The van der Waals surface area contributed by atoms with E-state index < -0.39 is 0 Å². The molecule has 1 rings (SSSR count). The second-order valence-corrected chi connectivity index (χ2v) is 3.67. The number of hydrogen-bond acceptors (Lipinski definition) is 4. The minimum absolute atomic E-state index is 0.147. The monoisotopic (exact) mass is 215 g/mol. The summed E-state index contributed by atoms with van der Waals surface area (Å²) in [7, 11) is 1.37. The fourth-order valence-corrected chi connectivity index (χ4v) is 1.77. The van der Waals surface area contributed by atoms with Crippen molar-refractivity contribution >= 4 is 12.0 Å². The van der Waals surface area contributed by atoms with E-state index in [4.69, 9.17) is 5.84 Å². The maximum atomic E-state index is 11.2. The summed E-state index contributed by atoms with van der Waals surface area (Å²) in [6.07, 6.45) is 1.79. The van der Waals surface area contributed by atoms with Gasteiger partial charge in [0.1, 0.15) is 0 Å². The second-order valence-electron chi connectivity index (χ2n) is 3.67. The van der Waals surface area contributed by atoms with E-state index in [-0.39, 0.29) is 12.0 Å². The lowest BCUT2D eigenvalue weighted by atomic mass is 9.93. The lowest BCUT2D eigenvalue weighted by Crippen LogP contribution is -2.40. The molecule has 0 aromatic rings. The van der Waals surface area contributed by atoms with Crippen LogP contribution in [0.25, 0.3) is 0 Å². The number of nitrogens with zero attached hydrogens (tertiary/aromatic N) is 1. The first-order valence-electron chi connectivity index (χ1n) is 4.99. The van der Waals surface area contributed by atoms with Crippen LogP contribution >= 0.6 is 0 Å². The number of carbonyl (C=O) groups excluding carboxylic acids is 2. The van der Waals surface area contributed by atoms with Gasteiger partial charge in [-0.3, -0.25) is 10.2 Å². The number of likely N-dealkylation sites (tertiary alicyclic amines) is 1. The molecular weight excluding hydrogens is 198 g/mol. The molecule has 0 radical (unpaired) electrons. The van der Waals surface area contributed by atoms with Gasteiger partial charge in [0, 0.05) is 19.5 Å². The third kappa shape index (κ3) is 3.39. The molecule has 0 aromatic heterocycles. The zero-order valence-electron chi connectivity index (χ0n) is 8.86. The highest BCUT2D eigenvalue weighted by Gasteiger charge is 2.24. The van der Waals surface area contributed by atoms with Gasteiger partial charge in [0.15, 0.2) is 0 Å². The van der Waals surface area contributed by atoms with Gasteiger partial charge in [-0.25, -0.2) is 10.6 Å². The second kappa shape index (κ2) is 5.55. The molecule has 0 unspecified atom stereocenters. The van der Waals surface area contributed by atoms with Crippen LogP contribution in [0.4, 0.5) is 4.79 Å². The van der Waals surface area contributed by atoms with Crippen LogP contribution in [0.15, 0.2) is 0 Å². The first-order valence-corrected chi connectivity index (χ1v) is 4.99. The predicted molar refractivity (Wildman–Crippen MR) is 53.6 cm³/mol. The van der Waals surface area contributed by atoms with E-state index in [1.54, 1.807) is 4.90 Å². The van der Waals surface area contributed by atoms with Crippen LogP contribution in [0, 0.1) is 5.92 Å². The van der Waals surface area contributed by atoms with Gasteiger partial charge in [0.25, 0.3) is 0 Å².